The molecule has 0 N–H and O–H groups in total. The molecule has 2 aromatic carbocycles. The monoisotopic (exact) mass is 438 g/mol. The highest BCUT2D eigenvalue weighted by atomic mass is 16.5. The summed E-state index contributed by atoms with van der Waals surface area (Å²) >= 11 is 0. The third-order valence-electron chi connectivity index (χ3n) is 5.67. The van der Waals surface area contributed by atoms with Gasteiger partial charge in [-0.05, 0) is 80.5 Å². The highest BCUT2D eigenvalue weighted by Crippen LogP contribution is 2.45. The van der Waals surface area contributed by atoms with Gasteiger partial charge >= 0.3 is 11.9 Å². The second-order valence-electron chi connectivity index (χ2n) is 9.73. The summed E-state index contributed by atoms with van der Waals surface area (Å²) in [6.07, 6.45) is 3.27. The van der Waals surface area contributed by atoms with E-state index in [1.54, 1.807) is 24.3 Å². The molecule has 5 nitrogen and oxygen atoms in total. The van der Waals surface area contributed by atoms with Gasteiger partial charge in [-0.15, -0.1) is 0 Å². The van der Waals surface area contributed by atoms with Crippen LogP contribution in [0, 0.1) is 0 Å². The molecule has 0 saturated heterocycles. The Kier molecular flexibility index (Phi) is 6.97. The summed E-state index contributed by atoms with van der Waals surface area (Å²) < 4.78 is 17.1. The predicted molar refractivity (Wildman–Crippen MR) is 125 cm³/mol. The van der Waals surface area contributed by atoms with Crippen LogP contribution in [-0.4, -0.2) is 24.1 Å². The molecule has 5 heteroatoms. The Hall–Kier alpha value is -2.82. The molecule has 1 aliphatic heterocycles. The Labute approximate surface area is 191 Å². The molecule has 0 fully saturated rings. The van der Waals surface area contributed by atoms with E-state index < -0.39 is 5.97 Å². The first-order valence-corrected chi connectivity index (χ1v) is 11.4. The second kappa shape index (κ2) is 9.35. The number of ether oxygens (including phenoxy) is 3. The molecule has 0 spiro atoms. The van der Waals surface area contributed by atoms with E-state index in [1.807, 2.05) is 19.1 Å². The topological polar surface area (TPSA) is 61.8 Å². The number of aryl methyl sites for hydroxylation is 1. The molecule has 3 rings (SSSR count). The molecule has 0 bridgehead atoms. The van der Waals surface area contributed by atoms with Crippen LogP contribution >= 0.6 is 0 Å². The third kappa shape index (κ3) is 5.32. The van der Waals surface area contributed by atoms with Crippen molar-refractivity contribution in [2.24, 2.45) is 0 Å². The maximum atomic E-state index is 13.1. The first-order valence-electron chi connectivity index (χ1n) is 11.4. The number of carbonyl (C=O) groups is 2. The smallest absolute Gasteiger partial charge is 0.343 e. The summed E-state index contributed by atoms with van der Waals surface area (Å²) in [5, 5.41) is 0. The molecule has 0 aromatic heterocycles. The minimum atomic E-state index is -0.404. The number of fused-ring (bicyclic) bond motifs is 1. The highest BCUT2D eigenvalue weighted by Gasteiger charge is 2.40. The summed E-state index contributed by atoms with van der Waals surface area (Å²) in [6, 6.07) is 10.4. The lowest BCUT2D eigenvalue weighted by molar-refractivity contribution is 0.0503. The Balaban J connectivity index is 1.87. The fraction of sp³-hybridized carbons (Fsp3) is 0.481. The zero-order chi connectivity index (χ0) is 23.5. The molecule has 0 amide bonds. The zero-order valence-electron chi connectivity index (χ0n) is 20.0. The van der Waals surface area contributed by atoms with Gasteiger partial charge in [0.25, 0.3) is 0 Å². The lowest BCUT2D eigenvalue weighted by atomic mass is 9.73. The summed E-state index contributed by atoms with van der Waals surface area (Å²) in [5.41, 5.74) is 2.55. The quantitative estimate of drug-likeness (QED) is 0.377. The average molecular weight is 439 g/mol. The molecule has 0 saturated carbocycles. The van der Waals surface area contributed by atoms with Crippen molar-refractivity contribution in [3.63, 3.8) is 0 Å². The van der Waals surface area contributed by atoms with Crippen molar-refractivity contribution in [3.05, 3.63) is 58.7 Å². The minimum absolute atomic E-state index is 0.128. The maximum absolute atomic E-state index is 13.1. The van der Waals surface area contributed by atoms with Gasteiger partial charge in [0.2, 0.25) is 0 Å². The lowest BCUT2D eigenvalue weighted by Crippen LogP contribution is -2.41. The van der Waals surface area contributed by atoms with E-state index in [1.165, 1.54) is 0 Å². The molecule has 1 aliphatic rings. The van der Waals surface area contributed by atoms with Crippen LogP contribution in [0.3, 0.4) is 0 Å². The third-order valence-corrected chi connectivity index (χ3v) is 5.67. The van der Waals surface area contributed by atoms with E-state index >= 15 is 0 Å². The van der Waals surface area contributed by atoms with Gasteiger partial charge in [-0.2, -0.15) is 0 Å². The van der Waals surface area contributed by atoms with E-state index in [4.69, 9.17) is 14.2 Å². The van der Waals surface area contributed by atoms with Gasteiger partial charge in [0.05, 0.1) is 17.7 Å². The number of rotatable bonds is 7. The molecular formula is C27H34O5. The van der Waals surface area contributed by atoms with Crippen LogP contribution in [0.5, 0.6) is 11.5 Å². The molecule has 0 aliphatic carbocycles. The Morgan fingerprint density at radius 3 is 2.28 bits per heavy atom. The van der Waals surface area contributed by atoms with Crippen LogP contribution in [0.25, 0.3) is 0 Å². The van der Waals surface area contributed by atoms with Gasteiger partial charge in [-0.3, -0.25) is 0 Å². The molecule has 172 valence electrons. The van der Waals surface area contributed by atoms with Gasteiger partial charge in [0.1, 0.15) is 17.1 Å². The average Bonchev–Trinajstić information content (AvgIpc) is 2.70. The molecule has 0 atom stereocenters. The molecule has 32 heavy (non-hydrogen) atoms. The first-order chi connectivity index (χ1) is 15.1. The number of esters is 2. The Morgan fingerprint density at radius 1 is 0.969 bits per heavy atom. The van der Waals surface area contributed by atoms with E-state index in [0.29, 0.717) is 23.5 Å². The first kappa shape index (κ1) is 23.8. The summed E-state index contributed by atoms with van der Waals surface area (Å²) in [6.45, 7) is 13.0. The SMILES string of the molecule is CCCOC(=O)c1ccc(OC(=O)c2cc3c(cc2CCC)OC(C)(C)CC3(C)C)cc1. The number of carbonyl (C=O) groups excluding carboxylic acids is 2. The summed E-state index contributed by atoms with van der Waals surface area (Å²) in [4.78, 5) is 25.1. The van der Waals surface area contributed by atoms with E-state index in [2.05, 4.69) is 34.6 Å². The van der Waals surface area contributed by atoms with E-state index in [0.717, 1.165) is 42.6 Å². The van der Waals surface area contributed by atoms with Crippen molar-refractivity contribution < 1.29 is 23.8 Å². The molecule has 0 unspecified atom stereocenters. The van der Waals surface area contributed by atoms with Crippen LogP contribution in [-0.2, 0) is 16.6 Å². The van der Waals surface area contributed by atoms with Crippen LogP contribution in [0.1, 0.15) is 92.6 Å². The Morgan fingerprint density at radius 2 is 1.66 bits per heavy atom. The van der Waals surface area contributed by atoms with Crippen molar-refractivity contribution >= 4 is 11.9 Å². The summed E-state index contributed by atoms with van der Waals surface area (Å²) in [7, 11) is 0. The largest absolute Gasteiger partial charge is 0.488 e. The maximum Gasteiger partial charge on any atom is 0.343 e. The predicted octanol–water partition coefficient (Wildman–Crippen LogP) is 6.26. The van der Waals surface area contributed by atoms with Crippen molar-refractivity contribution in [2.75, 3.05) is 6.61 Å². The van der Waals surface area contributed by atoms with Crippen molar-refractivity contribution in [1.82, 2.24) is 0 Å². The van der Waals surface area contributed by atoms with Crippen LogP contribution in [0.4, 0.5) is 0 Å². The van der Waals surface area contributed by atoms with Crippen LogP contribution < -0.4 is 9.47 Å². The normalized spacial score (nSPS) is 15.9. The van der Waals surface area contributed by atoms with Crippen LogP contribution in [0.15, 0.2) is 36.4 Å². The summed E-state index contributed by atoms with van der Waals surface area (Å²) in [5.74, 6) is 0.452. The van der Waals surface area contributed by atoms with Gasteiger partial charge in [-0.1, -0.05) is 34.1 Å². The van der Waals surface area contributed by atoms with E-state index in [-0.39, 0.29) is 17.0 Å². The molecule has 1 heterocycles. The second-order valence-corrected chi connectivity index (χ2v) is 9.73. The molecular weight excluding hydrogens is 404 g/mol. The standard InChI is InChI=1S/C27H34O5/c1-7-9-19-15-23-22(26(3,4)17-27(5,6)32-23)16-21(19)25(29)31-20-12-10-18(11-13-20)24(28)30-14-8-2/h10-13,15-16H,7-9,14,17H2,1-6H3. The molecule has 0 radical (unpaired) electrons. The fourth-order valence-corrected chi connectivity index (χ4v) is 4.49. The zero-order valence-corrected chi connectivity index (χ0v) is 20.0. The molecule has 2 aromatic rings. The van der Waals surface area contributed by atoms with Crippen molar-refractivity contribution in [1.29, 1.82) is 0 Å². The van der Waals surface area contributed by atoms with Gasteiger partial charge < -0.3 is 14.2 Å². The number of hydrogen-bond donors (Lipinski definition) is 0. The van der Waals surface area contributed by atoms with Gasteiger partial charge in [0.15, 0.2) is 0 Å². The van der Waals surface area contributed by atoms with Gasteiger partial charge in [-0.25, -0.2) is 9.59 Å². The number of benzene rings is 2. The number of hydrogen-bond acceptors (Lipinski definition) is 5. The van der Waals surface area contributed by atoms with E-state index in [9.17, 15) is 9.59 Å². The van der Waals surface area contributed by atoms with Crippen LogP contribution in [0.2, 0.25) is 0 Å². The minimum Gasteiger partial charge on any atom is -0.488 e. The highest BCUT2D eigenvalue weighted by molar-refractivity contribution is 5.94. The van der Waals surface area contributed by atoms with Crippen molar-refractivity contribution in [3.8, 4) is 11.5 Å². The fourth-order valence-electron chi connectivity index (χ4n) is 4.49. The Bertz CT molecular complexity index is 986. The lowest BCUT2D eigenvalue weighted by Gasteiger charge is -2.42. The van der Waals surface area contributed by atoms with Gasteiger partial charge in [0, 0.05) is 5.56 Å². The van der Waals surface area contributed by atoms with Crippen molar-refractivity contribution in [2.45, 2.75) is 78.2 Å².